The van der Waals surface area contributed by atoms with E-state index in [-0.39, 0.29) is 0 Å². The normalized spacial score (nSPS) is 3.90. The van der Waals surface area contributed by atoms with Gasteiger partial charge in [-0.15, -0.1) is 13.0 Å². The molecule has 0 atom stereocenters. The van der Waals surface area contributed by atoms with Crippen LogP contribution in [-0.4, -0.2) is 0 Å². The maximum Gasteiger partial charge on any atom is -0.0164 e. The lowest BCUT2D eigenvalue weighted by atomic mass is 10.5. The van der Waals surface area contributed by atoms with Crippen molar-refractivity contribution in [2.75, 3.05) is 0 Å². The fraction of sp³-hybridized carbons (Fsp3) is 0. The van der Waals surface area contributed by atoms with Gasteiger partial charge in [-0.1, -0.05) is 12.0 Å². The van der Waals surface area contributed by atoms with Crippen molar-refractivity contribution >= 4 is 0 Å². The van der Waals surface area contributed by atoms with Crippen LogP contribution in [0.1, 0.15) is 0 Å². The van der Waals surface area contributed by atoms with Crippen LogP contribution in [0, 0.1) is 42.1 Å². The Morgan fingerprint density at radius 3 is 2.60 bits per heavy atom. The van der Waals surface area contributed by atoms with Crippen LogP contribution >= 0.6 is 0 Å². The standard InChI is InChI=1S/C10H3/c1-3-5-7-9-10-8-6-4-2/h1H,2H2/q-1. The van der Waals surface area contributed by atoms with Crippen LogP contribution in [0.25, 0.3) is 0 Å². The molecule has 0 heteroatoms. The van der Waals surface area contributed by atoms with E-state index in [1.54, 1.807) is 0 Å². The summed E-state index contributed by atoms with van der Waals surface area (Å²) in [5.41, 5.74) is 4.78. The second-order valence-electron chi connectivity index (χ2n) is 1.07. The molecule has 0 aliphatic rings. The van der Waals surface area contributed by atoms with Crippen molar-refractivity contribution in [3.63, 3.8) is 0 Å². The molecular formula is C10H3-. The van der Waals surface area contributed by atoms with E-state index >= 15 is 0 Å². The van der Waals surface area contributed by atoms with Gasteiger partial charge in [-0.25, -0.2) is 17.4 Å². The number of hydrogen-bond acceptors (Lipinski definition) is 0. The summed E-state index contributed by atoms with van der Waals surface area (Å²) in [5, 5.41) is 0. The van der Waals surface area contributed by atoms with Crippen molar-refractivity contribution in [1.82, 2.24) is 0 Å². The van der Waals surface area contributed by atoms with E-state index in [0.717, 1.165) is 0 Å². The number of terminal acetylenes is 1. The van der Waals surface area contributed by atoms with E-state index in [1.807, 2.05) is 0 Å². The highest BCUT2D eigenvalue weighted by Crippen LogP contribution is 1.56. The van der Waals surface area contributed by atoms with Crippen LogP contribution in [0.4, 0.5) is 0 Å². The first-order chi connectivity index (χ1) is 4.91. The van der Waals surface area contributed by atoms with E-state index in [0.29, 0.717) is 0 Å². The molecule has 0 nitrogen and oxygen atoms in total. The summed E-state index contributed by atoms with van der Waals surface area (Å²) in [5.74, 6) is 11.7. The Bertz CT molecular complexity index is 329. The molecule has 0 saturated carbocycles. The van der Waals surface area contributed by atoms with Crippen LogP contribution in [-0.2, 0) is 0 Å². The Hall–Kier alpha value is -2.02. The molecule has 0 saturated heterocycles. The predicted molar refractivity (Wildman–Crippen MR) is 40.3 cm³/mol. The summed E-state index contributed by atoms with van der Waals surface area (Å²) in [6, 6.07) is 0. The minimum absolute atomic E-state index is 2.12. The molecule has 0 aliphatic heterocycles. The molecule has 0 amide bonds. The summed E-state index contributed by atoms with van der Waals surface area (Å²) in [6.45, 7) is 3.26. The maximum atomic E-state index is 4.82. The molecular weight excluding hydrogens is 120 g/mol. The van der Waals surface area contributed by atoms with Gasteiger partial charge in [0, 0.05) is 0 Å². The van der Waals surface area contributed by atoms with Crippen molar-refractivity contribution in [2.24, 2.45) is 0 Å². The van der Waals surface area contributed by atoms with Crippen molar-refractivity contribution in [1.29, 1.82) is 0 Å². The Kier molecular flexibility index (Phi) is 5.57. The minimum Gasteiger partial charge on any atom is -0.231 e. The van der Waals surface area contributed by atoms with Gasteiger partial charge in [0.1, 0.15) is 0 Å². The van der Waals surface area contributed by atoms with Gasteiger partial charge in [0.2, 0.25) is 0 Å². The Morgan fingerprint density at radius 1 is 1.20 bits per heavy atom. The summed E-state index contributed by atoms with van der Waals surface area (Å²) < 4.78 is 0. The molecule has 0 unspecified atom stereocenters. The summed E-state index contributed by atoms with van der Waals surface area (Å²) >= 11 is 0. The van der Waals surface area contributed by atoms with Crippen LogP contribution in [0.3, 0.4) is 0 Å². The Labute approximate surface area is 61.0 Å². The fourth-order valence-corrected chi connectivity index (χ4v) is 0.205. The van der Waals surface area contributed by atoms with Gasteiger partial charge in [0.05, 0.1) is 0 Å². The van der Waals surface area contributed by atoms with Crippen LogP contribution in [0.2, 0.25) is 0 Å². The largest absolute Gasteiger partial charge is 0.231 e. The van der Waals surface area contributed by atoms with Crippen molar-refractivity contribution < 1.29 is 0 Å². The maximum absolute atomic E-state index is 4.82. The molecule has 0 fully saturated rings. The van der Waals surface area contributed by atoms with Gasteiger partial charge in [0.15, 0.2) is 0 Å². The van der Waals surface area contributed by atoms with E-state index < -0.39 is 0 Å². The second kappa shape index (κ2) is 6.98. The number of rotatable bonds is 0. The zero-order chi connectivity index (χ0) is 7.66. The first-order valence-electron chi connectivity index (χ1n) is 2.39. The lowest BCUT2D eigenvalue weighted by Crippen LogP contribution is -1.49. The SMILES string of the molecule is C#CC#CC#C[C-]=C=C=C. The molecule has 0 heterocycles. The second-order valence-corrected chi connectivity index (χ2v) is 1.07. The van der Waals surface area contributed by atoms with Crippen molar-refractivity contribution in [2.45, 2.75) is 0 Å². The fourth-order valence-electron chi connectivity index (χ4n) is 0.205. The average molecular weight is 123 g/mol. The summed E-state index contributed by atoms with van der Waals surface area (Å²) in [7, 11) is 0. The third kappa shape index (κ3) is 5.98. The average Bonchev–Trinajstić information content (AvgIpc) is 1.97. The number of allylic oxidation sites excluding steroid dienone is 1. The molecule has 0 aromatic carbocycles. The highest BCUT2D eigenvalue weighted by atomic mass is 13.5. The smallest absolute Gasteiger partial charge is 0.0164 e. The van der Waals surface area contributed by atoms with E-state index in [1.165, 1.54) is 0 Å². The molecule has 0 aromatic rings. The summed E-state index contributed by atoms with van der Waals surface area (Å²) in [4.78, 5) is 0. The quantitative estimate of drug-likeness (QED) is 0.255. The zero-order valence-electron chi connectivity index (χ0n) is 5.28. The first kappa shape index (κ1) is 7.98. The Morgan fingerprint density at radius 2 is 2.00 bits per heavy atom. The van der Waals surface area contributed by atoms with Crippen LogP contribution in [0.15, 0.2) is 18.0 Å². The summed E-state index contributed by atoms with van der Waals surface area (Å²) in [6.07, 6.45) is 7.26. The highest BCUT2D eigenvalue weighted by molar-refractivity contribution is 5.34. The third-order valence-corrected chi connectivity index (χ3v) is 0.473. The molecule has 0 N–H and O–H groups in total. The molecule has 0 radical (unpaired) electrons. The van der Waals surface area contributed by atoms with Gasteiger partial charge in [-0.3, -0.25) is 0 Å². The molecule has 0 bridgehead atoms. The van der Waals surface area contributed by atoms with Crippen molar-refractivity contribution in [3.05, 3.63) is 24.1 Å². The van der Waals surface area contributed by atoms with E-state index in [2.05, 4.69) is 53.7 Å². The van der Waals surface area contributed by atoms with Gasteiger partial charge in [0.25, 0.3) is 0 Å². The Balaban J connectivity index is 4.11. The first-order valence-corrected chi connectivity index (χ1v) is 2.39. The van der Waals surface area contributed by atoms with E-state index in [9.17, 15) is 0 Å². The minimum atomic E-state index is 2.12. The molecule has 0 aliphatic carbocycles. The molecule has 0 spiro atoms. The van der Waals surface area contributed by atoms with E-state index in [4.69, 9.17) is 6.42 Å². The van der Waals surface area contributed by atoms with Crippen LogP contribution in [0.5, 0.6) is 0 Å². The lowest BCUT2D eigenvalue weighted by Gasteiger charge is -1.65. The predicted octanol–water partition coefficient (Wildman–Crippen LogP) is 0.926. The number of hydrogen-bond donors (Lipinski definition) is 0. The van der Waals surface area contributed by atoms with Gasteiger partial charge in [-0.05, 0) is 11.8 Å². The third-order valence-electron chi connectivity index (χ3n) is 0.473. The molecule has 44 valence electrons. The highest BCUT2D eigenvalue weighted by Gasteiger charge is 1.41. The molecule has 0 aromatic heterocycles. The van der Waals surface area contributed by atoms with Gasteiger partial charge < -0.3 is 0 Å². The molecule has 10 heavy (non-hydrogen) atoms. The lowest BCUT2D eigenvalue weighted by molar-refractivity contribution is 2.08. The van der Waals surface area contributed by atoms with Crippen LogP contribution < -0.4 is 0 Å². The zero-order valence-corrected chi connectivity index (χ0v) is 5.28. The monoisotopic (exact) mass is 123 g/mol. The van der Waals surface area contributed by atoms with Crippen molar-refractivity contribution in [3.8, 4) is 36.0 Å². The topological polar surface area (TPSA) is 0 Å². The molecule has 0 rings (SSSR count). The van der Waals surface area contributed by atoms with Gasteiger partial charge in [-0.2, -0.15) is 5.92 Å². The van der Waals surface area contributed by atoms with Gasteiger partial charge >= 0.3 is 0 Å².